The molecule has 5 saturated heterocycles. The molecule has 6 nitrogen and oxygen atoms in total. The predicted octanol–water partition coefficient (Wildman–Crippen LogP) is 5.64. The minimum Gasteiger partial charge on any atom is -0.472 e. The summed E-state index contributed by atoms with van der Waals surface area (Å²) in [6.45, 7) is 5.62. The number of hydrogen-bond acceptors (Lipinski definition) is 6. The van der Waals surface area contributed by atoms with E-state index in [-0.39, 0.29) is 16.2 Å². The van der Waals surface area contributed by atoms with Gasteiger partial charge in [-0.05, 0) is 81.8 Å². The average molecular weight is 527 g/mol. The fourth-order valence-corrected chi connectivity index (χ4v) is 11.6. The summed E-state index contributed by atoms with van der Waals surface area (Å²) in [6.07, 6.45) is 16.4. The third-order valence-corrected chi connectivity index (χ3v) is 13.5. The quantitative estimate of drug-likeness (QED) is 0.546. The molecule has 0 saturated carbocycles. The second-order valence-corrected chi connectivity index (χ2v) is 15.0. The van der Waals surface area contributed by atoms with Crippen molar-refractivity contribution in [1.29, 1.82) is 0 Å². The Kier molecular flexibility index (Phi) is 6.04. The van der Waals surface area contributed by atoms with E-state index in [9.17, 15) is 9.32 Å². The molecule has 1 unspecified atom stereocenters. The predicted molar refractivity (Wildman–Crippen MR) is 143 cm³/mol. The number of aliphatic hydroxyl groups is 1. The molecule has 202 valence electrons. The van der Waals surface area contributed by atoms with Crippen LogP contribution in [0.3, 0.4) is 0 Å². The molecular weight excluding hydrogens is 484 g/mol. The first-order valence-electron chi connectivity index (χ1n) is 14.5. The summed E-state index contributed by atoms with van der Waals surface area (Å²) in [7, 11) is -0.953. The molecule has 5 fully saturated rings. The summed E-state index contributed by atoms with van der Waals surface area (Å²) in [5.41, 5.74) is 2.14. The third-order valence-electron chi connectivity index (χ3n) is 11.2. The summed E-state index contributed by atoms with van der Waals surface area (Å²) in [5, 5.41) is 12.2. The third kappa shape index (κ3) is 3.78. The average Bonchev–Trinajstić information content (AvgIpc) is 3.65. The van der Waals surface area contributed by atoms with Crippen molar-refractivity contribution >= 4 is 10.8 Å². The van der Waals surface area contributed by atoms with Crippen LogP contribution in [0.4, 0.5) is 0 Å². The van der Waals surface area contributed by atoms with Gasteiger partial charge in [-0.15, -0.1) is 0 Å². The Hall–Kier alpha value is -1.41. The Labute approximate surface area is 223 Å². The summed E-state index contributed by atoms with van der Waals surface area (Å²) in [5.74, 6) is 1.86. The van der Waals surface area contributed by atoms with E-state index in [4.69, 9.17) is 8.83 Å². The fourth-order valence-electron chi connectivity index (χ4n) is 9.26. The summed E-state index contributed by atoms with van der Waals surface area (Å²) >= 11 is 0. The first-order chi connectivity index (χ1) is 17.9. The van der Waals surface area contributed by atoms with Crippen LogP contribution in [0.15, 0.2) is 46.0 Å². The van der Waals surface area contributed by atoms with Gasteiger partial charge in [0.25, 0.3) is 0 Å². The molecule has 2 spiro atoms. The van der Waals surface area contributed by atoms with Crippen LogP contribution in [-0.2, 0) is 10.8 Å². The van der Waals surface area contributed by atoms with Crippen molar-refractivity contribution in [3.63, 3.8) is 0 Å². The summed E-state index contributed by atoms with van der Waals surface area (Å²) in [6, 6.07) is 5.63. The highest BCUT2D eigenvalue weighted by Gasteiger charge is 2.63. The molecule has 2 aromatic heterocycles. The van der Waals surface area contributed by atoms with Crippen LogP contribution in [0, 0.1) is 17.3 Å². The Morgan fingerprint density at radius 2 is 1.54 bits per heavy atom. The normalized spacial score (nSPS) is 46.8. The van der Waals surface area contributed by atoms with Gasteiger partial charge in [-0.25, -0.2) is 0 Å². The topological polar surface area (TPSA) is 70.1 Å². The SMILES string of the molecule is C[C@@H]1CC[C@@H](c2ccoc2)N2C[C@@]3(CC[C@@H]12)C[C@]1(CC[C@H]2[C@H](C)CC[C@@H](c4ccoc4)N2[C@@H]1O)CS3=O. The van der Waals surface area contributed by atoms with Gasteiger partial charge in [0.2, 0.25) is 0 Å². The van der Waals surface area contributed by atoms with Gasteiger partial charge in [-0.2, -0.15) is 0 Å². The van der Waals surface area contributed by atoms with Gasteiger partial charge in [0.1, 0.15) is 6.23 Å². The van der Waals surface area contributed by atoms with Crippen LogP contribution in [0.2, 0.25) is 0 Å². The van der Waals surface area contributed by atoms with Crippen molar-refractivity contribution in [1.82, 2.24) is 9.80 Å². The van der Waals surface area contributed by atoms with Crippen LogP contribution in [0.25, 0.3) is 0 Å². The maximum absolute atomic E-state index is 14.2. The van der Waals surface area contributed by atoms with E-state index in [1.54, 1.807) is 12.5 Å². The molecular formula is C30H42N2O4S. The number of fused-ring (bicyclic) bond motifs is 2. The second-order valence-electron chi connectivity index (χ2n) is 13.2. The molecule has 0 bridgehead atoms. The van der Waals surface area contributed by atoms with Crippen molar-refractivity contribution < 1.29 is 18.1 Å². The van der Waals surface area contributed by atoms with Gasteiger partial charge in [-0.3, -0.25) is 14.0 Å². The Bertz CT molecular complexity index is 1120. The molecule has 7 rings (SSSR count). The van der Waals surface area contributed by atoms with E-state index >= 15 is 0 Å². The summed E-state index contributed by atoms with van der Waals surface area (Å²) in [4.78, 5) is 5.11. The zero-order valence-corrected chi connectivity index (χ0v) is 23.1. The Morgan fingerprint density at radius 1 is 0.892 bits per heavy atom. The maximum atomic E-state index is 14.2. The second kappa shape index (κ2) is 9.07. The molecule has 0 amide bonds. The van der Waals surface area contributed by atoms with Crippen LogP contribution in [0.5, 0.6) is 0 Å². The molecule has 5 aliphatic heterocycles. The smallest absolute Gasteiger partial charge is 0.114 e. The first-order valence-corrected chi connectivity index (χ1v) is 15.9. The monoisotopic (exact) mass is 526 g/mol. The number of nitrogens with zero attached hydrogens (tertiary/aromatic N) is 2. The van der Waals surface area contributed by atoms with Gasteiger partial charge in [-0.1, -0.05) is 13.8 Å². The molecule has 0 aromatic carbocycles. The molecule has 10 atom stereocenters. The minimum atomic E-state index is -0.953. The van der Waals surface area contributed by atoms with Gasteiger partial charge in [0.15, 0.2) is 0 Å². The van der Waals surface area contributed by atoms with Crippen molar-refractivity contribution in [3.05, 3.63) is 48.3 Å². The molecule has 5 aliphatic rings. The van der Waals surface area contributed by atoms with Gasteiger partial charge in [0.05, 0.1) is 29.8 Å². The summed E-state index contributed by atoms with van der Waals surface area (Å²) < 4.78 is 24.9. The highest BCUT2D eigenvalue weighted by Crippen LogP contribution is 2.58. The molecule has 7 heterocycles. The largest absolute Gasteiger partial charge is 0.472 e. The molecule has 0 radical (unpaired) electrons. The first kappa shape index (κ1) is 24.6. The van der Waals surface area contributed by atoms with Crippen molar-refractivity contribution in [2.24, 2.45) is 17.3 Å². The lowest BCUT2D eigenvalue weighted by molar-refractivity contribution is -0.182. The van der Waals surface area contributed by atoms with E-state index < -0.39 is 17.0 Å². The number of furan rings is 2. The number of hydrogen-bond donors (Lipinski definition) is 1. The molecule has 7 heteroatoms. The van der Waals surface area contributed by atoms with Crippen LogP contribution in [-0.4, -0.2) is 54.5 Å². The lowest BCUT2D eigenvalue weighted by Gasteiger charge is -2.57. The van der Waals surface area contributed by atoms with Gasteiger partial charge in [0, 0.05) is 63.8 Å². The molecule has 37 heavy (non-hydrogen) atoms. The van der Waals surface area contributed by atoms with E-state index in [0.29, 0.717) is 35.7 Å². The van der Waals surface area contributed by atoms with Gasteiger partial charge < -0.3 is 13.9 Å². The van der Waals surface area contributed by atoms with Crippen LogP contribution < -0.4 is 0 Å². The van der Waals surface area contributed by atoms with Gasteiger partial charge >= 0.3 is 0 Å². The number of rotatable bonds is 2. The Morgan fingerprint density at radius 3 is 2.24 bits per heavy atom. The number of aliphatic hydroxyl groups excluding tert-OH is 1. The zero-order valence-electron chi connectivity index (χ0n) is 22.3. The molecule has 2 aromatic rings. The van der Waals surface area contributed by atoms with Crippen LogP contribution >= 0.6 is 0 Å². The van der Waals surface area contributed by atoms with Crippen molar-refractivity contribution in [2.45, 2.75) is 107 Å². The number of piperidine rings is 4. The van der Waals surface area contributed by atoms with E-state index in [0.717, 1.165) is 51.5 Å². The molecule has 1 N–H and O–H groups in total. The van der Waals surface area contributed by atoms with Crippen molar-refractivity contribution in [3.8, 4) is 0 Å². The highest BCUT2D eigenvalue weighted by molar-refractivity contribution is 7.86. The highest BCUT2D eigenvalue weighted by atomic mass is 32.2. The lowest BCUT2D eigenvalue weighted by Crippen LogP contribution is -2.62. The van der Waals surface area contributed by atoms with E-state index in [2.05, 4.69) is 35.8 Å². The van der Waals surface area contributed by atoms with E-state index in [1.165, 1.54) is 24.0 Å². The standard InChI is InChI=1S/C30H42N2O4S/c1-20-3-5-26(22-9-13-35-15-22)31-18-30(12-8-24(20)31)17-29(19-37(30)34)11-7-25-21(2)4-6-27(32(25)28(29)33)23-10-14-36-16-23/h9-10,13-16,20-21,24-28,33H,3-8,11-12,17-19H2,1-2H3/t20-,21-,24+,25+,26+,27+,28-,29-,30-,37?/m1/s1. The lowest BCUT2D eigenvalue weighted by atomic mass is 9.66. The minimum absolute atomic E-state index is 0.182. The fraction of sp³-hybridized carbons (Fsp3) is 0.733. The zero-order chi connectivity index (χ0) is 25.4. The van der Waals surface area contributed by atoms with E-state index in [1.807, 2.05) is 12.5 Å². The molecule has 0 aliphatic carbocycles. The maximum Gasteiger partial charge on any atom is 0.114 e. The Balaban J connectivity index is 1.19. The van der Waals surface area contributed by atoms with Crippen LogP contribution in [0.1, 0.15) is 94.8 Å². The van der Waals surface area contributed by atoms with Crippen molar-refractivity contribution in [2.75, 3.05) is 12.3 Å².